The zero-order valence-corrected chi connectivity index (χ0v) is 40.1. The minimum atomic E-state index is -1.97. The molecule has 3 saturated heterocycles. The Morgan fingerprint density at radius 3 is 1.37 bits per heavy atom. The van der Waals surface area contributed by atoms with Gasteiger partial charge < -0.3 is 89.9 Å². The van der Waals surface area contributed by atoms with E-state index in [1.54, 1.807) is 6.08 Å². The third kappa shape index (κ3) is 20.3. The van der Waals surface area contributed by atoms with Crippen LogP contribution in [-0.4, -0.2) is 193 Å². The van der Waals surface area contributed by atoms with Gasteiger partial charge in [-0.2, -0.15) is 0 Å². The number of ether oxygens (including phenoxy) is 6. The van der Waals surface area contributed by atoms with Crippen LogP contribution in [0.25, 0.3) is 0 Å². The first-order valence-electron chi connectivity index (χ1n) is 25.4. The van der Waals surface area contributed by atoms with Gasteiger partial charge in [-0.1, -0.05) is 142 Å². The number of carbonyl (C=O) groups excluding carboxylic acids is 1. The summed E-state index contributed by atoms with van der Waals surface area (Å²) in [7, 11) is 0. The zero-order chi connectivity index (χ0) is 49.1. The van der Waals surface area contributed by atoms with Gasteiger partial charge in [-0.25, -0.2) is 0 Å². The average Bonchev–Trinajstić information content (AvgIpc) is 3.32. The number of allylic oxidation sites excluding steroid dienone is 1. The van der Waals surface area contributed by atoms with E-state index in [1.807, 2.05) is 13.0 Å². The quantitative estimate of drug-likeness (QED) is 0.0316. The lowest BCUT2D eigenvalue weighted by Gasteiger charge is -2.48. The van der Waals surface area contributed by atoms with Crippen molar-refractivity contribution in [3.63, 3.8) is 0 Å². The van der Waals surface area contributed by atoms with Crippen molar-refractivity contribution in [2.75, 3.05) is 26.4 Å². The largest absolute Gasteiger partial charge is 0.394 e. The van der Waals surface area contributed by atoms with Gasteiger partial charge in [0.05, 0.1) is 38.6 Å². The van der Waals surface area contributed by atoms with Crippen molar-refractivity contribution in [1.82, 2.24) is 5.32 Å². The van der Waals surface area contributed by atoms with Gasteiger partial charge in [0.25, 0.3) is 0 Å². The van der Waals surface area contributed by atoms with E-state index in [2.05, 4.69) is 12.2 Å². The monoisotopic (exact) mass is 968 g/mol. The van der Waals surface area contributed by atoms with Gasteiger partial charge in [0.1, 0.15) is 73.2 Å². The SMILES string of the molecule is CCCCCCCCCCCCCCCCCCCCC/C=C/C(O)C(COC1OC(CO)C(OC2OC(CO)C(OC3OC(CO)C(O)C(O)C3O)C(O)C2O)C(O)C1O)NC(=O)CCC. The number of amides is 1. The topological polar surface area (TPSA) is 307 Å². The molecule has 0 radical (unpaired) electrons. The summed E-state index contributed by atoms with van der Waals surface area (Å²) < 4.78 is 33.8. The maximum absolute atomic E-state index is 12.6. The van der Waals surface area contributed by atoms with Gasteiger partial charge in [0, 0.05) is 6.42 Å². The molecule has 0 aromatic rings. The van der Waals surface area contributed by atoms with Crippen LogP contribution < -0.4 is 5.32 Å². The molecule has 19 nitrogen and oxygen atoms in total. The van der Waals surface area contributed by atoms with E-state index in [0.29, 0.717) is 6.42 Å². The Morgan fingerprint density at radius 2 is 0.925 bits per heavy atom. The average molecular weight is 968 g/mol. The van der Waals surface area contributed by atoms with Gasteiger partial charge in [-0.05, 0) is 19.3 Å². The summed E-state index contributed by atoms with van der Waals surface area (Å²) in [6.07, 6.45) is 2.85. The summed E-state index contributed by atoms with van der Waals surface area (Å²) in [5.41, 5.74) is 0. The lowest BCUT2D eigenvalue weighted by molar-refractivity contribution is -0.379. The van der Waals surface area contributed by atoms with Gasteiger partial charge >= 0.3 is 0 Å². The fourth-order valence-corrected chi connectivity index (χ4v) is 8.82. The lowest BCUT2D eigenvalue weighted by atomic mass is 9.96. The number of hydrogen-bond acceptors (Lipinski definition) is 18. The molecule has 0 aromatic heterocycles. The highest BCUT2D eigenvalue weighted by Gasteiger charge is 2.53. The summed E-state index contributed by atoms with van der Waals surface area (Å²) >= 11 is 0. The molecule has 3 aliphatic heterocycles. The minimum absolute atomic E-state index is 0.195. The molecule has 394 valence electrons. The molecule has 3 aliphatic rings. The molecule has 3 rings (SSSR count). The normalized spacial score (nSPS) is 33.5. The van der Waals surface area contributed by atoms with Crippen LogP contribution in [0.4, 0.5) is 0 Å². The first-order chi connectivity index (χ1) is 32.3. The van der Waals surface area contributed by atoms with Crippen LogP contribution in [-0.2, 0) is 33.2 Å². The Labute approximate surface area is 397 Å². The number of nitrogens with one attached hydrogen (secondary N) is 1. The molecule has 17 atom stereocenters. The van der Waals surface area contributed by atoms with Crippen LogP contribution in [0.1, 0.15) is 155 Å². The van der Waals surface area contributed by atoms with Crippen LogP contribution in [0.3, 0.4) is 0 Å². The molecular formula is C48H89NO18. The Morgan fingerprint density at radius 1 is 0.522 bits per heavy atom. The van der Waals surface area contributed by atoms with Gasteiger partial charge in [-0.15, -0.1) is 0 Å². The molecule has 12 N–H and O–H groups in total. The highest BCUT2D eigenvalue weighted by atomic mass is 16.8. The Bertz CT molecular complexity index is 1300. The predicted molar refractivity (Wildman–Crippen MR) is 245 cm³/mol. The van der Waals surface area contributed by atoms with Crippen molar-refractivity contribution in [2.45, 2.75) is 259 Å². The van der Waals surface area contributed by atoms with E-state index in [4.69, 9.17) is 28.4 Å². The Balaban J connectivity index is 1.41. The highest BCUT2D eigenvalue weighted by molar-refractivity contribution is 5.76. The third-order valence-electron chi connectivity index (χ3n) is 13.1. The molecule has 0 aliphatic carbocycles. The second-order valence-electron chi connectivity index (χ2n) is 18.6. The van der Waals surface area contributed by atoms with E-state index in [-0.39, 0.29) is 18.9 Å². The fourth-order valence-electron chi connectivity index (χ4n) is 8.82. The molecule has 19 heteroatoms. The third-order valence-corrected chi connectivity index (χ3v) is 13.1. The van der Waals surface area contributed by atoms with E-state index >= 15 is 0 Å². The maximum atomic E-state index is 12.6. The molecule has 3 heterocycles. The van der Waals surface area contributed by atoms with E-state index < -0.39 is 124 Å². The standard InChI is InChI=1S/C48H89NO18/c1-3-5-6-7-8-9-10-11-12-13-14-15-16-17-18-19-20-21-22-23-24-26-32(53)31(49-36(54)25-4-2)30-62-46-42(60)39(57)44(34(28-51)64-46)67-48-43(61)40(58)45(35(29-52)65-48)66-47-41(59)38(56)37(55)33(27-50)63-47/h24,26,31-35,37-48,50-53,55-61H,3-23,25,27-30H2,1-2H3,(H,49,54)/b26-24+. The molecule has 17 unspecified atom stereocenters. The molecule has 67 heavy (non-hydrogen) atoms. The number of rotatable bonds is 35. The van der Waals surface area contributed by atoms with E-state index in [0.717, 1.165) is 25.7 Å². The molecular weight excluding hydrogens is 879 g/mol. The van der Waals surface area contributed by atoms with Gasteiger partial charge in [0.2, 0.25) is 5.91 Å². The van der Waals surface area contributed by atoms with Crippen LogP contribution in [0.2, 0.25) is 0 Å². The molecule has 1 amide bonds. The van der Waals surface area contributed by atoms with Crippen LogP contribution in [0.5, 0.6) is 0 Å². The van der Waals surface area contributed by atoms with Crippen molar-refractivity contribution in [2.24, 2.45) is 0 Å². The smallest absolute Gasteiger partial charge is 0.220 e. The van der Waals surface area contributed by atoms with E-state index in [1.165, 1.54) is 103 Å². The summed E-state index contributed by atoms with van der Waals surface area (Å²) in [5.74, 6) is -0.329. The predicted octanol–water partition coefficient (Wildman–Crippen LogP) is 1.48. The number of aliphatic hydroxyl groups is 11. The number of carbonyl (C=O) groups is 1. The second-order valence-corrected chi connectivity index (χ2v) is 18.6. The molecule has 0 saturated carbocycles. The first-order valence-corrected chi connectivity index (χ1v) is 25.4. The van der Waals surface area contributed by atoms with Crippen molar-refractivity contribution in [3.8, 4) is 0 Å². The van der Waals surface area contributed by atoms with E-state index in [9.17, 15) is 61.0 Å². The zero-order valence-electron chi connectivity index (χ0n) is 40.1. The second kappa shape index (κ2) is 34.0. The molecule has 0 spiro atoms. The number of hydrogen-bond donors (Lipinski definition) is 12. The van der Waals surface area contributed by atoms with Gasteiger partial charge in [0.15, 0.2) is 18.9 Å². The number of unbranched alkanes of at least 4 members (excludes halogenated alkanes) is 19. The number of aliphatic hydroxyl groups excluding tert-OH is 11. The van der Waals surface area contributed by atoms with Crippen molar-refractivity contribution in [3.05, 3.63) is 12.2 Å². The van der Waals surface area contributed by atoms with Crippen molar-refractivity contribution < 1.29 is 89.4 Å². The lowest BCUT2D eigenvalue weighted by Crippen LogP contribution is -2.66. The summed E-state index contributed by atoms with van der Waals surface area (Å²) in [4.78, 5) is 12.6. The molecule has 0 bridgehead atoms. The van der Waals surface area contributed by atoms with Crippen LogP contribution in [0.15, 0.2) is 12.2 Å². The fraction of sp³-hybridized carbons (Fsp3) is 0.938. The molecule has 3 fully saturated rings. The van der Waals surface area contributed by atoms with Crippen molar-refractivity contribution >= 4 is 5.91 Å². The maximum Gasteiger partial charge on any atom is 0.220 e. The summed E-state index contributed by atoms with van der Waals surface area (Å²) in [6, 6.07) is -0.962. The minimum Gasteiger partial charge on any atom is -0.394 e. The van der Waals surface area contributed by atoms with Gasteiger partial charge in [-0.3, -0.25) is 4.79 Å². The highest BCUT2D eigenvalue weighted by Crippen LogP contribution is 2.33. The van der Waals surface area contributed by atoms with Crippen LogP contribution >= 0.6 is 0 Å². The summed E-state index contributed by atoms with van der Waals surface area (Å²) in [6.45, 7) is 1.32. The summed E-state index contributed by atoms with van der Waals surface area (Å²) in [5, 5.41) is 119. The Kier molecular flexibility index (Phi) is 30.4. The molecule has 0 aromatic carbocycles. The Hall–Kier alpha value is -1.47. The van der Waals surface area contributed by atoms with Crippen molar-refractivity contribution in [1.29, 1.82) is 0 Å². The van der Waals surface area contributed by atoms with Crippen LogP contribution in [0, 0.1) is 0 Å². The first kappa shape index (κ1) is 59.8.